The number of carbonyl (C=O) groups excluding carboxylic acids is 2. The zero-order valence-electron chi connectivity index (χ0n) is 21.1. The van der Waals surface area contributed by atoms with E-state index in [4.69, 9.17) is 4.74 Å². The highest BCUT2D eigenvalue weighted by Crippen LogP contribution is 2.70. The van der Waals surface area contributed by atoms with Crippen LogP contribution in [-0.4, -0.2) is 73.3 Å². The van der Waals surface area contributed by atoms with E-state index in [1.807, 2.05) is 0 Å². The number of aliphatic hydroxyl groups is 4. The third-order valence-electron chi connectivity index (χ3n) is 10.9. The summed E-state index contributed by atoms with van der Waals surface area (Å²) in [5.74, 6) is -4.97. The molecule has 9 heteroatoms. The van der Waals surface area contributed by atoms with Gasteiger partial charge in [-0.15, -0.1) is 0 Å². The largest absolute Gasteiger partial charge is 0.479 e. The molecule has 1 unspecified atom stereocenters. The zero-order chi connectivity index (χ0) is 26.4. The molecule has 36 heavy (non-hydrogen) atoms. The highest BCUT2D eigenvalue weighted by atomic mass is 16.7. The smallest absolute Gasteiger partial charge is 0.335 e. The number of hydrogen-bond acceptors (Lipinski definition) is 8. The topological polar surface area (TPSA) is 162 Å². The normalized spacial score (nSPS) is 52.6. The zero-order valence-corrected chi connectivity index (χ0v) is 21.1. The highest BCUT2D eigenvalue weighted by Gasteiger charge is 2.69. The number of fused-ring (bicyclic) bond motifs is 5. The van der Waals surface area contributed by atoms with Crippen LogP contribution in [0.25, 0.3) is 0 Å². The lowest BCUT2D eigenvalue weighted by Gasteiger charge is -2.64. The minimum absolute atomic E-state index is 0.0561. The molecule has 5 rings (SSSR count). The van der Waals surface area contributed by atoms with E-state index < -0.39 is 52.9 Å². The molecule has 0 bridgehead atoms. The Morgan fingerprint density at radius 1 is 1.03 bits per heavy atom. The number of ketones is 2. The van der Waals surface area contributed by atoms with E-state index >= 15 is 0 Å². The number of aliphatic hydroxyl groups excluding tert-OH is 3. The Bertz CT molecular complexity index is 1010. The predicted octanol–water partition coefficient (Wildman–Crippen LogP) is 1.20. The van der Waals surface area contributed by atoms with E-state index in [2.05, 4.69) is 13.8 Å². The van der Waals surface area contributed by atoms with Crippen LogP contribution in [0.2, 0.25) is 0 Å². The quantitative estimate of drug-likeness (QED) is 0.379. The molecule has 0 aromatic carbocycles. The van der Waals surface area contributed by atoms with Gasteiger partial charge in [0.25, 0.3) is 0 Å². The lowest BCUT2D eigenvalue weighted by molar-refractivity contribution is -0.379. The predicted molar refractivity (Wildman–Crippen MR) is 125 cm³/mol. The van der Waals surface area contributed by atoms with Crippen LogP contribution in [-0.2, 0) is 19.1 Å². The SMILES string of the molecule is CC(=O)[C@H]1CC[C@@H]2[C@H]3CCC4=CC(=O)CC[C@]4(C)[C@@H]3C([C@@]3(O)O[C@H](C(=O)O)[C@@H](O)[C@H](O)[C@H]3O)C[C@]12C. The molecule has 4 aliphatic carbocycles. The maximum Gasteiger partial charge on any atom is 0.335 e. The third-order valence-corrected chi connectivity index (χ3v) is 10.9. The average Bonchev–Trinajstić information content (AvgIpc) is 3.17. The summed E-state index contributed by atoms with van der Waals surface area (Å²) in [6.45, 7) is 5.71. The number of carboxylic acids is 1. The fourth-order valence-corrected chi connectivity index (χ4v) is 9.27. The van der Waals surface area contributed by atoms with Crippen LogP contribution in [0.15, 0.2) is 11.6 Å². The van der Waals surface area contributed by atoms with Crippen molar-refractivity contribution in [2.24, 2.45) is 40.4 Å². The first-order valence-corrected chi connectivity index (χ1v) is 13.2. The first kappa shape index (κ1) is 26.0. The number of Topliss-reactive ketones (excluding diaryl/α,β-unsaturated/α-hetero) is 1. The summed E-state index contributed by atoms with van der Waals surface area (Å²) < 4.78 is 5.68. The molecule has 1 saturated heterocycles. The van der Waals surface area contributed by atoms with Crippen molar-refractivity contribution < 1.29 is 44.7 Å². The molecule has 5 N–H and O–H groups in total. The maximum atomic E-state index is 12.7. The molecular weight excluding hydrogens is 468 g/mol. The fraction of sp³-hybridized carbons (Fsp3) is 0.815. The molecule has 3 saturated carbocycles. The molecule has 0 amide bonds. The van der Waals surface area contributed by atoms with Gasteiger partial charge in [-0.3, -0.25) is 9.59 Å². The monoisotopic (exact) mass is 506 g/mol. The Labute approximate surface area is 210 Å². The lowest BCUT2D eigenvalue weighted by atomic mass is 9.42. The van der Waals surface area contributed by atoms with Gasteiger partial charge in [-0.1, -0.05) is 19.4 Å². The summed E-state index contributed by atoms with van der Waals surface area (Å²) >= 11 is 0. The Hall–Kier alpha value is -1.65. The van der Waals surface area contributed by atoms with E-state index in [0.29, 0.717) is 19.3 Å². The molecule has 200 valence electrons. The van der Waals surface area contributed by atoms with Gasteiger partial charge in [0.2, 0.25) is 0 Å². The van der Waals surface area contributed by atoms with E-state index in [-0.39, 0.29) is 35.2 Å². The molecule has 4 fully saturated rings. The van der Waals surface area contributed by atoms with Crippen molar-refractivity contribution in [1.82, 2.24) is 0 Å². The van der Waals surface area contributed by atoms with E-state index in [1.165, 1.54) is 0 Å². The van der Waals surface area contributed by atoms with Crippen molar-refractivity contribution >= 4 is 17.5 Å². The third kappa shape index (κ3) is 3.42. The maximum absolute atomic E-state index is 12.7. The van der Waals surface area contributed by atoms with Gasteiger partial charge in [-0.05, 0) is 80.1 Å². The Kier molecular flexibility index (Phi) is 6.08. The summed E-state index contributed by atoms with van der Waals surface area (Å²) in [5.41, 5.74) is 0.00695. The summed E-state index contributed by atoms with van der Waals surface area (Å²) in [5, 5.41) is 53.8. The molecule has 0 aromatic rings. The number of carboxylic acid groups (broad SMARTS) is 1. The van der Waals surface area contributed by atoms with Crippen LogP contribution < -0.4 is 0 Å². The molecule has 9 nitrogen and oxygen atoms in total. The van der Waals surface area contributed by atoms with E-state index in [1.54, 1.807) is 13.0 Å². The molecule has 1 aliphatic heterocycles. The van der Waals surface area contributed by atoms with Gasteiger partial charge >= 0.3 is 5.97 Å². The van der Waals surface area contributed by atoms with Gasteiger partial charge in [0.05, 0.1) is 0 Å². The van der Waals surface area contributed by atoms with Crippen LogP contribution in [0, 0.1) is 40.4 Å². The minimum atomic E-state index is -2.46. The first-order valence-electron chi connectivity index (χ1n) is 13.2. The van der Waals surface area contributed by atoms with Crippen molar-refractivity contribution in [3.63, 3.8) is 0 Å². The van der Waals surface area contributed by atoms with Crippen LogP contribution in [0.5, 0.6) is 0 Å². The van der Waals surface area contributed by atoms with Crippen molar-refractivity contribution in [2.75, 3.05) is 0 Å². The second kappa shape index (κ2) is 8.43. The van der Waals surface area contributed by atoms with Gasteiger partial charge in [-0.2, -0.15) is 0 Å². The van der Waals surface area contributed by atoms with Crippen molar-refractivity contribution in [1.29, 1.82) is 0 Å². The second-order valence-electron chi connectivity index (χ2n) is 12.5. The molecule has 0 aromatic heterocycles. The molecular formula is C27H38O9. The fourth-order valence-electron chi connectivity index (χ4n) is 9.27. The standard InChI is InChI=1S/C27H38O9/c1-12(28)16-6-7-17-15-5-4-13-10-14(29)8-9-25(13,2)19(15)18(11-26(16,17)3)27(35)23(32)21(31)20(30)22(36-27)24(33)34/h10,15-23,30-32,35H,4-9,11H2,1-3H3,(H,33,34)/t15-,16-,17-,18?,19+,20+,21+,22+,23-,25+,26-,27-/m1/s1. The van der Waals surface area contributed by atoms with Crippen molar-refractivity contribution in [3.8, 4) is 0 Å². The molecule has 12 atom stereocenters. The Morgan fingerprint density at radius 3 is 2.36 bits per heavy atom. The summed E-state index contributed by atoms with van der Waals surface area (Å²) in [4.78, 5) is 36.9. The van der Waals surface area contributed by atoms with E-state index in [9.17, 15) is 39.9 Å². The van der Waals surface area contributed by atoms with Gasteiger partial charge in [0.1, 0.15) is 24.1 Å². The number of allylic oxidation sites excluding steroid dienone is 1. The van der Waals surface area contributed by atoms with Gasteiger partial charge in [0.15, 0.2) is 17.7 Å². The van der Waals surface area contributed by atoms with Crippen molar-refractivity contribution in [2.45, 2.75) is 95.9 Å². The Morgan fingerprint density at radius 2 is 1.72 bits per heavy atom. The number of hydrogen-bond donors (Lipinski definition) is 5. The molecule has 0 radical (unpaired) electrons. The number of rotatable bonds is 3. The second-order valence-corrected chi connectivity index (χ2v) is 12.5. The number of carbonyl (C=O) groups is 3. The van der Waals surface area contributed by atoms with Gasteiger partial charge < -0.3 is 30.3 Å². The summed E-state index contributed by atoms with van der Waals surface area (Å²) in [6, 6.07) is 0. The van der Waals surface area contributed by atoms with Crippen LogP contribution >= 0.6 is 0 Å². The Balaban J connectivity index is 1.66. The lowest BCUT2D eigenvalue weighted by Crippen LogP contribution is -2.72. The van der Waals surface area contributed by atoms with Gasteiger partial charge in [0, 0.05) is 18.3 Å². The van der Waals surface area contributed by atoms with Crippen LogP contribution in [0.4, 0.5) is 0 Å². The van der Waals surface area contributed by atoms with Crippen molar-refractivity contribution in [3.05, 3.63) is 11.6 Å². The average molecular weight is 507 g/mol. The molecule has 1 heterocycles. The minimum Gasteiger partial charge on any atom is -0.479 e. The van der Waals surface area contributed by atoms with Gasteiger partial charge in [-0.25, -0.2) is 4.79 Å². The summed E-state index contributed by atoms with van der Waals surface area (Å²) in [7, 11) is 0. The molecule has 5 aliphatic rings. The molecule has 0 spiro atoms. The highest BCUT2D eigenvalue weighted by molar-refractivity contribution is 5.91. The van der Waals surface area contributed by atoms with Crippen LogP contribution in [0.1, 0.15) is 65.7 Å². The number of ether oxygens (including phenoxy) is 1. The summed E-state index contributed by atoms with van der Waals surface area (Å²) in [6.07, 6.45) is -1.73. The van der Waals surface area contributed by atoms with Crippen LogP contribution in [0.3, 0.4) is 0 Å². The number of aliphatic carboxylic acids is 1. The van der Waals surface area contributed by atoms with E-state index in [0.717, 1.165) is 31.3 Å². The first-order chi connectivity index (χ1) is 16.8.